The standard InChI is InChI=1S/C17H11Si/c1-3-13-9-5-7-11-15(13)17(18)16-12-8-6-10-14(16)4-2/h1-2,5-12,17H. The minimum Gasteiger partial charge on any atom is -0.115 e. The number of terminal acetylenes is 2. The number of hydrogen-bond acceptors (Lipinski definition) is 0. The third-order valence-corrected chi connectivity index (χ3v) is 3.48. The largest absolute Gasteiger partial charge is 0.115 e. The summed E-state index contributed by atoms with van der Waals surface area (Å²) in [7, 11) is 3.74. The third-order valence-electron chi connectivity index (χ3n) is 2.85. The Morgan fingerprint density at radius 3 is 1.56 bits per heavy atom. The quantitative estimate of drug-likeness (QED) is 0.562. The molecule has 0 amide bonds. The summed E-state index contributed by atoms with van der Waals surface area (Å²) < 4.78 is 0. The van der Waals surface area contributed by atoms with Crippen molar-refractivity contribution in [1.29, 1.82) is 0 Å². The summed E-state index contributed by atoms with van der Waals surface area (Å²) in [5.74, 6) is 5.40. The van der Waals surface area contributed by atoms with Crippen LogP contribution in [-0.2, 0) is 0 Å². The fourth-order valence-electron chi connectivity index (χ4n) is 1.93. The van der Waals surface area contributed by atoms with Gasteiger partial charge in [0.1, 0.15) is 0 Å². The Labute approximate surface area is 111 Å². The van der Waals surface area contributed by atoms with E-state index in [1.807, 2.05) is 48.5 Å². The van der Waals surface area contributed by atoms with E-state index in [0.29, 0.717) is 0 Å². The second-order valence-electron chi connectivity index (χ2n) is 3.90. The van der Waals surface area contributed by atoms with E-state index in [4.69, 9.17) is 12.8 Å². The van der Waals surface area contributed by atoms with Crippen LogP contribution in [0.25, 0.3) is 0 Å². The van der Waals surface area contributed by atoms with Gasteiger partial charge in [-0.2, -0.15) is 0 Å². The molecule has 0 unspecified atom stereocenters. The molecule has 0 heterocycles. The molecule has 1 heteroatoms. The average molecular weight is 243 g/mol. The Balaban J connectivity index is 2.53. The molecule has 0 aliphatic carbocycles. The van der Waals surface area contributed by atoms with Crippen LogP contribution in [-0.4, -0.2) is 10.2 Å². The van der Waals surface area contributed by atoms with E-state index in [1.54, 1.807) is 0 Å². The fourth-order valence-corrected chi connectivity index (χ4v) is 2.43. The van der Waals surface area contributed by atoms with Crippen LogP contribution in [0.5, 0.6) is 0 Å². The van der Waals surface area contributed by atoms with Crippen LogP contribution in [0.1, 0.15) is 27.8 Å². The van der Waals surface area contributed by atoms with Crippen molar-refractivity contribution in [3.63, 3.8) is 0 Å². The maximum absolute atomic E-state index is 5.53. The second kappa shape index (κ2) is 5.41. The normalized spacial score (nSPS) is 9.78. The van der Waals surface area contributed by atoms with Gasteiger partial charge >= 0.3 is 0 Å². The molecule has 2 aromatic carbocycles. The van der Waals surface area contributed by atoms with Gasteiger partial charge in [-0.25, -0.2) is 0 Å². The van der Waals surface area contributed by atoms with Crippen LogP contribution in [0.2, 0.25) is 0 Å². The highest BCUT2D eigenvalue weighted by Gasteiger charge is 2.13. The first-order valence-corrected chi connectivity index (χ1v) is 6.18. The monoisotopic (exact) mass is 243 g/mol. The maximum Gasteiger partial charge on any atom is 0.0397 e. The van der Waals surface area contributed by atoms with E-state index in [0.717, 1.165) is 22.3 Å². The minimum atomic E-state index is 0.00417. The summed E-state index contributed by atoms with van der Waals surface area (Å²) in [5, 5.41) is 0. The van der Waals surface area contributed by atoms with Crippen LogP contribution >= 0.6 is 0 Å². The molecule has 0 spiro atoms. The second-order valence-corrected chi connectivity index (χ2v) is 4.47. The minimum absolute atomic E-state index is 0.00417. The molecule has 0 fully saturated rings. The van der Waals surface area contributed by atoms with Gasteiger partial charge in [0.25, 0.3) is 0 Å². The molecule has 0 bridgehead atoms. The van der Waals surface area contributed by atoms with Crippen LogP contribution in [0.4, 0.5) is 0 Å². The van der Waals surface area contributed by atoms with Gasteiger partial charge in [0.2, 0.25) is 0 Å². The zero-order valence-corrected chi connectivity index (χ0v) is 10.9. The molecule has 18 heavy (non-hydrogen) atoms. The molecule has 0 aliphatic heterocycles. The predicted octanol–water partition coefficient (Wildman–Crippen LogP) is 2.91. The summed E-state index contributed by atoms with van der Waals surface area (Å²) in [6.07, 6.45) is 11.1. The molecule has 0 saturated heterocycles. The molecular formula is C17H11Si. The van der Waals surface area contributed by atoms with E-state index in [2.05, 4.69) is 22.1 Å². The first-order chi connectivity index (χ1) is 8.77. The van der Waals surface area contributed by atoms with Crippen LogP contribution in [0.3, 0.4) is 0 Å². The highest BCUT2D eigenvalue weighted by molar-refractivity contribution is 6.15. The Hall–Kier alpha value is -2.22. The Kier molecular flexibility index (Phi) is 3.68. The third kappa shape index (κ3) is 2.23. The Bertz CT molecular complexity index is 584. The van der Waals surface area contributed by atoms with Crippen molar-refractivity contribution in [3.05, 3.63) is 70.8 Å². The number of hydrogen-bond donors (Lipinski definition) is 0. The molecular weight excluding hydrogens is 232 g/mol. The van der Waals surface area contributed by atoms with Crippen molar-refractivity contribution in [2.45, 2.75) is 5.54 Å². The lowest BCUT2D eigenvalue weighted by Gasteiger charge is -2.16. The lowest BCUT2D eigenvalue weighted by molar-refractivity contribution is 1.12. The van der Waals surface area contributed by atoms with Crippen molar-refractivity contribution in [2.75, 3.05) is 0 Å². The Morgan fingerprint density at radius 1 is 0.778 bits per heavy atom. The van der Waals surface area contributed by atoms with E-state index in [1.165, 1.54) is 0 Å². The van der Waals surface area contributed by atoms with Crippen molar-refractivity contribution < 1.29 is 0 Å². The van der Waals surface area contributed by atoms with Gasteiger partial charge in [0, 0.05) is 21.4 Å². The molecule has 2 rings (SSSR count). The van der Waals surface area contributed by atoms with Gasteiger partial charge in [-0.05, 0) is 28.8 Å². The topological polar surface area (TPSA) is 0 Å². The van der Waals surface area contributed by atoms with Crippen LogP contribution < -0.4 is 0 Å². The van der Waals surface area contributed by atoms with Crippen molar-refractivity contribution in [3.8, 4) is 24.7 Å². The number of benzene rings is 2. The van der Waals surface area contributed by atoms with Gasteiger partial charge in [-0.1, -0.05) is 48.2 Å². The fraction of sp³-hybridized carbons (Fsp3) is 0.0588. The van der Waals surface area contributed by atoms with Crippen LogP contribution in [0.15, 0.2) is 48.5 Å². The summed E-state index contributed by atoms with van der Waals surface area (Å²) >= 11 is 0. The highest BCUT2D eigenvalue weighted by Crippen LogP contribution is 2.26. The lowest BCUT2D eigenvalue weighted by Crippen LogP contribution is -2.05. The van der Waals surface area contributed by atoms with Gasteiger partial charge < -0.3 is 0 Å². The summed E-state index contributed by atoms with van der Waals surface area (Å²) in [6, 6.07) is 15.7. The molecule has 0 aromatic heterocycles. The average Bonchev–Trinajstić information content (AvgIpc) is 2.46. The molecule has 0 saturated carbocycles. The highest BCUT2D eigenvalue weighted by atomic mass is 28.1. The Morgan fingerprint density at radius 2 is 1.17 bits per heavy atom. The van der Waals surface area contributed by atoms with Gasteiger partial charge in [-0.3, -0.25) is 0 Å². The molecule has 0 atom stereocenters. The molecule has 0 aliphatic rings. The smallest absolute Gasteiger partial charge is 0.0397 e. The molecule has 83 valence electrons. The summed E-state index contributed by atoms with van der Waals surface area (Å²) in [6.45, 7) is 0. The van der Waals surface area contributed by atoms with Crippen molar-refractivity contribution in [1.82, 2.24) is 0 Å². The van der Waals surface area contributed by atoms with Gasteiger partial charge in [-0.15, -0.1) is 12.8 Å². The molecule has 0 nitrogen and oxygen atoms in total. The zero-order valence-electron chi connectivity index (χ0n) is 9.85. The predicted molar refractivity (Wildman–Crippen MR) is 76.4 cm³/mol. The number of rotatable bonds is 2. The van der Waals surface area contributed by atoms with E-state index in [9.17, 15) is 0 Å². The van der Waals surface area contributed by atoms with Crippen LogP contribution in [0, 0.1) is 24.7 Å². The van der Waals surface area contributed by atoms with E-state index < -0.39 is 0 Å². The molecule has 3 radical (unpaired) electrons. The SMILES string of the molecule is C#Cc1ccccc1C([Si])c1ccccc1C#C. The van der Waals surface area contributed by atoms with E-state index in [-0.39, 0.29) is 5.54 Å². The first kappa shape index (κ1) is 12.2. The van der Waals surface area contributed by atoms with Gasteiger partial charge in [0.15, 0.2) is 0 Å². The summed E-state index contributed by atoms with van der Waals surface area (Å²) in [4.78, 5) is 0. The molecule has 0 N–H and O–H groups in total. The van der Waals surface area contributed by atoms with Gasteiger partial charge in [0.05, 0.1) is 0 Å². The van der Waals surface area contributed by atoms with Crippen molar-refractivity contribution >= 4 is 10.2 Å². The lowest BCUT2D eigenvalue weighted by atomic mass is 9.96. The maximum atomic E-state index is 5.53. The van der Waals surface area contributed by atoms with E-state index >= 15 is 0 Å². The molecule has 2 aromatic rings. The summed E-state index contributed by atoms with van der Waals surface area (Å²) in [5.41, 5.74) is 3.87. The van der Waals surface area contributed by atoms with Crippen molar-refractivity contribution in [2.24, 2.45) is 0 Å². The first-order valence-electron chi connectivity index (χ1n) is 5.60. The zero-order chi connectivity index (χ0) is 13.0.